The minimum absolute atomic E-state index is 0.00216. The second-order valence-electron chi connectivity index (χ2n) is 10.8. The number of carbonyl (C=O) groups excluding carboxylic acids is 3. The SMILES string of the molecule is CC(C)CC[C@@]1(C2CCN(C(=O)c3noc4c3CCCC4)CC2)NC(=O)N(CCN(C)C)C1=O. The molecule has 4 rings (SSSR count). The molecule has 1 aromatic rings. The van der Waals surface area contributed by atoms with E-state index in [4.69, 9.17) is 4.52 Å². The maximum Gasteiger partial charge on any atom is 0.325 e. The first-order valence-electron chi connectivity index (χ1n) is 12.8. The van der Waals surface area contributed by atoms with Crippen molar-refractivity contribution >= 4 is 17.8 Å². The predicted octanol–water partition coefficient (Wildman–Crippen LogP) is 2.69. The van der Waals surface area contributed by atoms with Gasteiger partial charge in [0.2, 0.25) is 0 Å². The number of urea groups is 1. The molecule has 1 atom stereocenters. The fourth-order valence-electron chi connectivity index (χ4n) is 5.59. The van der Waals surface area contributed by atoms with Gasteiger partial charge in [-0.05, 0) is 70.9 Å². The number of aromatic nitrogens is 1. The van der Waals surface area contributed by atoms with Crippen molar-refractivity contribution in [2.45, 2.75) is 70.8 Å². The highest BCUT2D eigenvalue weighted by atomic mass is 16.5. The van der Waals surface area contributed by atoms with Gasteiger partial charge in [-0.2, -0.15) is 0 Å². The summed E-state index contributed by atoms with van der Waals surface area (Å²) in [5.41, 5.74) is 0.555. The van der Waals surface area contributed by atoms with Crippen molar-refractivity contribution in [3.63, 3.8) is 0 Å². The minimum atomic E-state index is -0.879. The lowest BCUT2D eigenvalue weighted by molar-refractivity contribution is -0.134. The molecule has 2 aliphatic heterocycles. The second kappa shape index (κ2) is 10.1. The Bertz CT molecular complexity index is 918. The molecule has 0 radical (unpaired) electrons. The fourth-order valence-corrected chi connectivity index (χ4v) is 5.59. The summed E-state index contributed by atoms with van der Waals surface area (Å²) in [6.45, 7) is 6.40. The van der Waals surface area contributed by atoms with Crippen LogP contribution in [0.5, 0.6) is 0 Å². The number of likely N-dealkylation sites (tertiary alicyclic amines) is 1. The summed E-state index contributed by atoms with van der Waals surface area (Å²) in [5, 5.41) is 7.23. The molecule has 3 heterocycles. The third kappa shape index (κ3) is 4.72. The Morgan fingerprint density at radius 3 is 2.59 bits per heavy atom. The van der Waals surface area contributed by atoms with E-state index < -0.39 is 5.54 Å². The molecular formula is C25H39N5O4. The van der Waals surface area contributed by atoms with E-state index in [0.29, 0.717) is 57.1 Å². The number of likely N-dealkylation sites (N-methyl/N-ethyl adjacent to an activating group) is 1. The average Bonchev–Trinajstić information content (AvgIpc) is 3.35. The summed E-state index contributed by atoms with van der Waals surface area (Å²) >= 11 is 0. The summed E-state index contributed by atoms with van der Waals surface area (Å²) < 4.78 is 5.45. The van der Waals surface area contributed by atoms with Crippen LogP contribution in [0.4, 0.5) is 4.79 Å². The fraction of sp³-hybridized carbons (Fsp3) is 0.760. The zero-order valence-corrected chi connectivity index (χ0v) is 21.1. The van der Waals surface area contributed by atoms with Gasteiger partial charge in [0.1, 0.15) is 11.3 Å². The van der Waals surface area contributed by atoms with Gasteiger partial charge in [-0.1, -0.05) is 19.0 Å². The molecule has 2 saturated heterocycles. The van der Waals surface area contributed by atoms with E-state index >= 15 is 0 Å². The summed E-state index contributed by atoms with van der Waals surface area (Å²) in [6.07, 6.45) is 6.67. The molecule has 9 nitrogen and oxygen atoms in total. The first kappa shape index (κ1) is 24.7. The van der Waals surface area contributed by atoms with Crippen LogP contribution in [-0.2, 0) is 17.6 Å². The standard InChI is InChI=1S/C25H39N5O4/c1-17(2)9-12-25(23(32)30(24(33)26-25)16-15-28(3)4)18-10-13-29(14-11-18)22(31)21-19-7-5-6-8-20(19)34-27-21/h17-18H,5-16H2,1-4H3,(H,26,33)/t25-/m0/s1. The van der Waals surface area contributed by atoms with Gasteiger partial charge in [-0.25, -0.2) is 4.79 Å². The van der Waals surface area contributed by atoms with Crippen LogP contribution in [0.2, 0.25) is 0 Å². The third-order valence-electron chi connectivity index (χ3n) is 7.72. The molecule has 0 unspecified atom stereocenters. The Morgan fingerprint density at radius 1 is 1.21 bits per heavy atom. The summed E-state index contributed by atoms with van der Waals surface area (Å²) in [4.78, 5) is 44.9. The molecule has 1 aliphatic carbocycles. The molecule has 0 saturated carbocycles. The van der Waals surface area contributed by atoms with Gasteiger partial charge in [-0.3, -0.25) is 14.5 Å². The largest absolute Gasteiger partial charge is 0.360 e. The van der Waals surface area contributed by atoms with Crippen molar-refractivity contribution < 1.29 is 18.9 Å². The number of piperidine rings is 1. The number of imide groups is 1. The molecule has 34 heavy (non-hydrogen) atoms. The van der Waals surface area contributed by atoms with Gasteiger partial charge < -0.3 is 19.6 Å². The molecule has 0 spiro atoms. The lowest BCUT2D eigenvalue weighted by Crippen LogP contribution is -2.56. The van der Waals surface area contributed by atoms with E-state index in [1.54, 1.807) is 0 Å². The van der Waals surface area contributed by atoms with E-state index in [2.05, 4.69) is 24.3 Å². The number of fused-ring (bicyclic) bond motifs is 1. The van der Waals surface area contributed by atoms with E-state index in [9.17, 15) is 14.4 Å². The van der Waals surface area contributed by atoms with Gasteiger partial charge >= 0.3 is 6.03 Å². The van der Waals surface area contributed by atoms with Gasteiger partial charge in [-0.15, -0.1) is 0 Å². The molecule has 0 aromatic carbocycles. The Kier molecular flexibility index (Phi) is 7.31. The van der Waals surface area contributed by atoms with E-state index in [1.165, 1.54) is 4.90 Å². The maximum absolute atomic E-state index is 13.6. The van der Waals surface area contributed by atoms with Crippen LogP contribution in [-0.4, -0.2) is 83.5 Å². The summed E-state index contributed by atoms with van der Waals surface area (Å²) in [6, 6.07) is -0.289. The maximum atomic E-state index is 13.6. The van der Waals surface area contributed by atoms with Gasteiger partial charge in [0.25, 0.3) is 11.8 Å². The first-order valence-corrected chi connectivity index (χ1v) is 12.8. The lowest BCUT2D eigenvalue weighted by Gasteiger charge is -2.41. The quantitative estimate of drug-likeness (QED) is 0.583. The zero-order valence-electron chi connectivity index (χ0n) is 21.1. The number of aryl methyl sites for hydroxylation is 1. The van der Waals surface area contributed by atoms with E-state index in [1.807, 2.05) is 23.9 Å². The van der Waals surface area contributed by atoms with E-state index in [-0.39, 0.29) is 23.8 Å². The third-order valence-corrected chi connectivity index (χ3v) is 7.72. The van der Waals surface area contributed by atoms with Crippen LogP contribution in [0.3, 0.4) is 0 Å². The summed E-state index contributed by atoms with van der Waals surface area (Å²) in [7, 11) is 3.87. The highest BCUT2D eigenvalue weighted by Gasteiger charge is 2.55. The van der Waals surface area contributed by atoms with Crippen molar-refractivity contribution in [2.75, 3.05) is 40.3 Å². The van der Waals surface area contributed by atoms with Crippen LogP contribution < -0.4 is 5.32 Å². The number of carbonyl (C=O) groups is 3. The smallest absolute Gasteiger partial charge is 0.325 e. The normalized spacial score (nSPS) is 23.7. The number of hydrogen-bond acceptors (Lipinski definition) is 6. The van der Waals surface area contributed by atoms with Gasteiger partial charge in [0, 0.05) is 38.2 Å². The molecule has 3 aliphatic rings. The van der Waals surface area contributed by atoms with Crippen LogP contribution in [0.15, 0.2) is 4.52 Å². The average molecular weight is 474 g/mol. The Hall–Kier alpha value is -2.42. The van der Waals surface area contributed by atoms with Crippen molar-refractivity contribution in [2.24, 2.45) is 11.8 Å². The Labute approximate surface area is 202 Å². The monoisotopic (exact) mass is 473 g/mol. The lowest BCUT2D eigenvalue weighted by atomic mass is 9.73. The number of amides is 4. The molecule has 4 amide bonds. The number of nitrogens with one attached hydrogen (secondary N) is 1. The molecule has 2 fully saturated rings. The number of nitrogens with zero attached hydrogens (tertiary/aromatic N) is 4. The number of rotatable bonds is 8. The second-order valence-corrected chi connectivity index (χ2v) is 10.8. The van der Waals surface area contributed by atoms with Crippen LogP contribution in [0.1, 0.15) is 74.2 Å². The zero-order chi connectivity index (χ0) is 24.5. The molecule has 188 valence electrons. The van der Waals surface area contributed by atoms with Crippen LogP contribution >= 0.6 is 0 Å². The van der Waals surface area contributed by atoms with Gasteiger partial charge in [0.15, 0.2) is 5.69 Å². The Morgan fingerprint density at radius 2 is 1.91 bits per heavy atom. The minimum Gasteiger partial charge on any atom is -0.360 e. The number of hydrogen-bond donors (Lipinski definition) is 1. The molecule has 9 heteroatoms. The van der Waals surface area contributed by atoms with Crippen LogP contribution in [0.25, 0.3) is 0 Å². The Balaban J connectivity index is 1.47. The predicted molar refractivity (Wildman–Crippen MR) is 127 cm³/mol. The van der Waals surface area contributed by atoms with E-state index in [0.717, 1.165) is 43.4 Å². The molecular weight excluding hydrogens is 434 g/mol. The summed E-state index contributed by atoms with van der Waals surface area (Å²) in [5.74, 6) is 1.11. The first-order chi connectivity index (χ1) is 16.2. The van der Waals surface area contributed by atoms with Crippen molar-refractivity contribution in [3.8, 4) is 0 Å². The van der Waals surface area contributed by atoms with Crippen molar-refractivity contribution in [1.29, 1.82) is 0 Å². The topological polar surface area (TPSA) is 99.0 Å². The molecule has 0 bridgehead atoms. The van der Waals surface area contributed by atoms with Crippen molar-refractivity contribution in [3.05, 3.63) is 17.0 Å². The highest BCUT2D eigenvalue weighted by molar-refractivity contribution is 6.07. The molecule has 1 N–H and O–H groups in total. The van der Waals surface area contributed by atoms with Crippen LogP contribution in [0, 0.1) is 11.8 Å². The van der Waals surface area contributed by atoms with Gasteiger partial charge in [0.05, 0.1) is 0 Å². The van der Waals surface area contributed by atoms with Crippen molar-refractivity contribution in [1.82, 2.24) is 25.2 Å². The molecule has 1 aromatic heterocycles. The highest BCUT2D eigenvalue weighted by Crippen LogP contribution is 2.38.